The maximum absolute atomic E-state index is 11.7. The van der Waals surface area contributed by atoms with E-state index in [1.54, 1.807) is 0 Å². The van der Waals surface area contributed by atoms with Gasteiger partial charge >= 0.3 is 0 Å². The molecule has 2 nitrogen and oxygen atoms in total. The highest BCUT2D eigenvalue weighted by atomic mass is 31.2. The van der Waals surface area contributed by atoms with Crippen molar-refractivity contribution < 1.29 is 9.09 Å². The van der Waals surface area contributed by atoms with Gasteiger partial charge in [-0.15, -0.1) is 0 Å². The zero-order valence-electron chi connectivity index (χ0n) is 8.18. The first-order chi connectivity index (χ1) is 4.83. The Kier molecular flexibility index (Phi) is 3.79. The first kappa shape index (κ1) is 11.2. The molecule has 0 spiro atoms. The summed E-state index contributed by atoms with van der Waals surface area (Å²) in [5.41, 5.74) is 0.0988. The summed E-state index contributed by atoms with van der Waals surface area (Å²) in [5.74, 6) is 0. The van der Waals surface area contributed by atoms with Gasteiger partial charge in [0.1, 0.15) is 0 Å². The summed E-state index contributed by atoms with van der Waals surface area (Å²) in [5, 5.41) is 0. The SMILES string of the molecule is CCP(=O)(CC(C)(C)C)OC. The van der Waals surface area contributed by atoms with Gasteiger partial charge in [-0.05, 0) is 5.41 Å². The van der Waals surface area contributed by atoms with Crippen molar-refractivity contribution in [1.82, 2.24) is 0 Å². The molecule has 0 aliphatic carbocycles. The summed E-state index contributed by atoms with van der Waals surface area (Å²) in [6.07, 6.45) is 1.31. The average Bonchev–Trinajstić information content (AvgIpc) is 1.84. The summed E-state index contributed by atoms with van der Waals surface area (Å²) in [6, 6.07) is 0. The van der Waals surface area contributed by atoms with Crippen molar-refractivity contribution in [1.29, 1.82) is 0 Å². The van der Waals surface area contributed by atoms with Gasteiger partial charge in [0.05, 0.1) is 0 Å². The molecule has 0 fully saturated rings. The van der Waals surface area contributed by atoms with Crippen LogP contribution in [0.4, 0.5) is 0 Å². The van der Waals surface area contributed by atoms with Crippen LogP contribution < -0.4 is 0 Å². The van der Waals surface area contributed by atoms with E-state index in [0.717, 1.165) is 0 Å². The molecule has 0 aliphatic rings. The van der Waals surface area contributed by atoms with Gasteiger partial charge in [0.25, 0.3) is 0 Å². The second-order valence-corrected chi connectivity index (χ2v) is 6.98. The number of hydrogen-bond donors (Lipinski definition) is 0. The van der Waals surface area contributed by atoms with Gasteiger partial charge < -0.3 is 4.52 Å². The normalized spacial score (nSPS) is 17.9. The highest BCUT2D eigenvalue weighted by Crippen LogP contribution is 2.49. The molecule has 68 valence electrons. The maximum Gasteiger partial charge on any atom is 0.203 e. The lowest BCUT2D eigenvalue weighted by Gasteiger charge is -2.23. The molecular weight excluding hydrogens is 159 g/mol. The Bertz CT molecular complexity index is 150. The molecule has 0 heterocycles. The Morgan fingerprint density at radius 1 is 1.36 bits per heavy atom. The fraction of sp³-hybridized carbons (Fsp3) is 1.00. The van der Waals surface area contributed by atoms with Gasteiger partial charge in [-0.3, -0.25) is 4.57 Å². The number of rotatable bonds is 3. The highest BCUT2D eigenvalue weighted by molar-refractivity contribution is 7.58. The molecule has 0 aromatic carbocycles. The van der Waals surface area contributed by atoms with Crippen LogP contribution in [0.3, 0.4) is 0 Å². The van der Waals surface area contributed by atoms with Crippen molar-refractivity contribution in [2.75, 3.05) is 19.4 Å². The summed E-state index contributed by atoms with van der Waals surface area (Å²) >= 11 is 0. The van der Waals surface area contributed by atoms with E-state index in [-0.39, 0.29) is 5.41 Å². The lowest BCUT2D eigenvalue weighted by atomic mass is 10.0. The van der Waals surface area contributed by atoms with E-state index in [9.17, 15) is 4.57 Å². The van der Waals surface area contributed by atoms with E-state index in [0.29, 0.717) is 12.3 Å². The molecule has 0 saturated carbocycles. The van der Waals surface area contributed by atoms with Crippen LogP contribution in [0.25, 0.3) is 0 Å². The van der Waals surface area contributed by atoms with E-state index in [2.05, 4.69) is 20.8 Å². The van der Waals surface area contributed by atoms with Gasteiger partial charge in [-0.25, -0.2) is 0 Å². The lowest BCUT2D eigenvalue weighted by molar-refractivity contribution is 0.368. The van der Waals surface area contributed by atoms with Crippen LogP contribution in [-0.2, 0) is 9.09 Å². The van der Waals surface area contributed by atoms with E-state index in [1.165, 1.54) is 7.11 Å². The molecule has 0 bridgehead atoms. The zero-order chi connectivity index (χ0) is 9.12. The molecule has 0 radical (unpaired) electrons. The molecule has 0 saturated heterocycles. The zero-order valence-corrected chi connectivity index (χ0v) is 9.07. The predicted octanol–water partition coefficient (Wildman–Crippen LogP) is 2.98. The van der Waals surface area contributed by atoms with E-state index >= 15 is 0 Å². The molecule has 0 amide bonds. The second kappa shape index (κ2) is 3.73. The standard InChI is InChI=1S/C8H19O2P/c1-6-11(9,10-5)7-8(2,3)4/h6-7H2,1-5H3. The second-order valence-electron chi connectivity index (χ2n) is 4.03. The van der Waals surface area contributed by atoms with Crippen molar-refractivity contribution >= 4 is 7.37 Å². The van der Waals surface area contributed by atoms with Crippen molar-refractivity contribution in [2.24, 2.45) is 5.41 Å². The van der Waals surface area contributed by atoms with Crippen LogP contribution in [0.2, 0.25) is 0 Å². The quantitative estimate of drug-likeness (QED) is 0.621. The molecule has 3 heteroatoms. The monoisotopic (exact) mass is 178 g/mol. The first-order valence-electron chi connectivity index (χ1n) is 3.97. The van der Waals surface area contributed by atoms with Gasteiger partial charge in [0.15, 0.2) is 0 Å². The van der Waals surface area contributed by atoms with Gasteiger partial charge in [0.2, 0.25) is 7.37 Å². The van der Waals surface area contributed by atoms with Crippen LogP contribution in [0.5, 0.6) is 0 Å². The third-order valence-electron chi connectivity index (χ3n) is 1.53. The van der Waals surface area contributed by atoms with Crippen molar-refractivity contribution in [3.63, 3.8) is 0 Å². The van der Waals surface area contributed by atoms with E-state index in [4.69, 9.17) is 4.52 Å². The Hall–Kier alpha value is 0.190. The third-order valence-corrected chi connectivity index (χ3v) is 4.59. The number of hydrogen-bond acceptors (Lipinski definition) is 2. The van der Waals surface area contributed by atoms with Crippen LogP contribution in [-0.4, -0.2) is 19.4 Å². The topological polar surface area (TPSA) is 26.3 Å². The molecule has 1 atom stereocenters. The average molecular weight is 178 g/mol. The maximum atomic E-state index is 11.7. The summed E-state index contributed by atoms with van der Waals surface area (Å²) < 4.78 is 16.8. The minimum atomic E-state index is -2.30. The Labute approximate surface area is 69.8 Å². The van der Waals surface area contributed by atoms with Crippen LogP contribution >= 0.6 is 7.37 Å². The molecule has 0 aliphatic heterocycles. The van der Waals surface area contributed by atoms with Crippen LogP contribution in [0.1, 0.15) is 27.7 Å². The largest absolute Gasteiger partial charge is 0.332 e. The molecular formula is C8H19O2P. The van der Waals surface area contributed by atoms with Crippen molar-refractivity contribution in [3.05, 3.63) is 0 Å². The molecule has 1 unspecified atom stereocenters. The Morgan fingerprint density at radius 3 is 1.91 bits per heavy atom. The molecule has 0 rings (SSSR count). The van der Waals surface area contributed by atoms with Crippen molar-refractivity contribution in [2.45, 2.75) is 27.7 Å². The molecule has 11 heavy (non-hydrogen) atoms. The Balaban J connectivity index is 4.21. The third kappa shape index (κ3) is 4.60. The van der Waals surface area contributed by atoms with Crippen LogP contribution in [0.15, 0.2) is 0 Å². The van der Waals surface area contributed by atoms with Crippen LogP contribution in [0, 0.1) is 5.41 Å². The lowest BCUT2D eigenvalue weighted by Crippen LogP contribution is -2.13. The summed E-state index contributed by atoms with van der Waals surface area (Å²) in [4.78, 5) is 0. The van der Waals surface area contributed by atoms with E-state index in [1.807, 2.05) is 6.92 Å². The van der Waals surface area contributed by atoms with Crippen molar-refractivity contribution in [3.8, 4) is 0 Å². The van der Waals surface area contributed by atoms with Gasteiger partial charge in [-0.1, -0.05) is 27.7 Å². The predicted molar refractivity (Wildman–Crippen MR) is 49.5 cm³/mol. The fourth-order valence-corrected chi connectivity index (χ4v) is 3.08. The molecule has 0 aromatic heterocycles. The smallest absolute Gasteiger partial charge is 0.203 e. The minimum Gasteiger partial charge on any atom is -0.332 e. The van der Waals surface area contributed by atoms with Gasteiger partial charge in [-0.2, -0.15) is 0 Å². The molecule has 0 N–H and O–H groups in total. The minimum absolute atomic E-state index is 0.0988. The Morgan fingerprint density at radius 2 is 1.82 bits per heavy atom. The summed E-state index contributed by atoms with van der Waals surface area (Å²) in [6.45, 7) is 8.15. The van der Waals surface area contributed by atoms with Gasteiger partial charge in [0, 0.05) is 19.4 Å². The first-order valence-corrected chi connectivity index (χ1v) is 5.96. The summed E-state index contributed by atoms with van der Waals surface area (Å²) in [7, 11) is -0.765. The van der Waals surface area contributed by atoms with E-state index < -0.39 is 7.37 Å². The molecule has 0 aromatic rings. The fourth-order valence-electron chi connectivity index (χ4n) is 1.03. The highest BCUT2D eigenvalue weighted by Gasteiger charge is 2.26.